The van der Waals surface area contributed by atoms with Crippen LogP contribution in [-0.2, 0) is 32.6 Å². The van der Waals surface area contributed by atoms with E-state index in [1.54, 1.807) is 36.4 Å². The van der Waals surface area contributed by atoms with Gasteiger partial charge in [0.1, 0.15) is 0 Å². The third kappa shape index (κ3) is 6.21. The van der Waals surface area contributed by atoms with Crippen molar-refractivity contribution >= 4 is 63.2 Å². The lowest BCUT2D eigenvalue weighted by molar-refractivity contribution is -0.132. The number of rotatable bonds is 7. The monoisotopic (exact) mass is 638 g/mol. The summed E-state index contributed by atoms with van der Waals surface area (Å²) in [5, 5.41) is 3.86. The zero-order valence-electron chi connectivity index (χ0n) is 24.5. The van der Waals surface area contributed by atoms with E-state index in [9.17, 15) is 13.8 Å². The van der Waals surface area contributed by atoms with Crippen LogP contribution in [0.5, 0.6) is 0 Å². The van der Waals surface area contributed by atoms with Gasteiger partial charge >= 0.3 is 0 Å². The lowest BCUT2D eigenvalue weighted by Gasteiger charge is -2.36. The molecule has 0 radical (unpaired) electrons. The van der Waals surface area contributed by atoms with Crippen LogP contribution in [0.4, 0.5) is 5.69 Å². The van der Waals surface area contributed by atoms with Crippen molar-refractivity contribution in [2.45, 2.75) is 62.6 Å². The molecule has 2 N–H and O–H groups in total. The molecule has 0 bridgehead atoms. The van der Waals surface area contributed by atoms with Gasteiger partial charge in [0.2, 0.25) is 5.91 Å². The Morgan fingerprint density at radius 2 is 1.72 bits per heavy atom. The van der Waals surface area contributed by atoms with Crippen LogP contribution in [0.1, 0.15) is 59.3 Å². The molecule has 6 rings (SSSR count). The molecule has 2 aromatic carbocycles. The number of piperidine rings is 1. The van der Waals surface area contributed by atoms with Gasteiger partial charge in [-0.05, 0) is 100 Å². The van der Waals surface area contributed by atoms with Gasteiger partial charge < -0.3 is 20.1 Å². The molecule has 2 amide bonds. The molecule has 1 unspecified atom stereocenters. The van der Waals surface area contributed by atoms with Crippen molar-refractivity contribution in [1.82, 2.24) is 14.8 Å². The zero-order valence-corrected chi connectivity index (χ0v) is 26.8. The zero-order chi connectivity index (χ0) is 30.2. The Bertz CT molecular complexity index is 1610. The molecule has 4 heterocycles. The minimum absolute atomic E-state index is 0.152. The summed E-state index contributed by atoms with van der Waals surface area (Å²) in [6.07, 6.45) is 6.83. The van der Waals surface area contributed by atoms with E-state index >= 15 is 0 Å². The fourth-order valence-electron chi connectivity index (χ4n) is 6.56. The molecule has 7 nitrogen and oxygen atoms in total. The van der Waals surface area contributed by atoms with Gasteiger partial charge in [-0.2, -0.15) is 0 Å². The highest BCUT2D eigenvalue weighted by molar-refractivity contribution is 7.84. The summed E-state index contributed by atoms with van der Waals surface area (Å²) in [5.74, 6) is 0.0937. The SMILES string of the molecule is Cc1[nH]c(C=C2C(=O)Nc3ccc(S(=O)Cc4c(Cl)cccc4Cl)cc32)c(C)c1CC(=O)N1CCC(N2CCCC2)CC1. The second kappa shape index (κ2) is 12.6. The lowest BCUT2D eigenvalue weighted by atomic mass is 10.0. The number of hydrogen-bond donors (Lipinski definition) is 2. The third-order valence-corrected chi connectivity index (χ3v) is 11.1. The Labute approximate surface area is 265 Å². The van der Waals surface area contributed by atoms with Crippen molar-refractivity contribution in [3.05, 3.63) is 80.1 Å². The number of hydrogen-bond acceptors (Lipinski definition) is 4. The molecule has 0 aliphatic carbocycles. The Kier molecular flexibility index (Phi) is 8.83. The highest BCUT2D eigenvalue weighted by Gasteiger charge is 2.30. The van der Waals surface area contributed by atoms with Crippen molar-refractivity contribution in [3.63, 3.8) is 0 Å². The summed E-state index contributed by atoms with van der Waals surface area (Å²) in [6.45, 7) is 7.96. The Balaban J connectivity index is 1.18. The van der Waals surface area contributed by atoms with Crippen LogP contribution in [0.3, 0.4) is 0 Å². The summed E-state index contributed by atoms with van der Waals surface area (Å²) < 4.78 is 13.3. The van der Waals surface area contributed by atoms with Crippen LogP contribution < -0.4 is 5.32 Å². The van der Waals surface area contributed by atoms with Gasteiger partial charge in [0.25, 0.3) is 5.91 Å². The summed E-state index contributed by atoms with van der Waals surface area (Å²) in [4.78, 5) is 34.9. The molecule has 3 aromatic rings. The number of aromatic amines is 1. The fourth-order valence-corrected chi connectivity index (χ4v) is 8.45. The fraction of sp³-hybridized carbons (Fsp3) is 0.394. The number of likely N-dealkylation sites (tertiary alicyclic amines) is 2. The van der Waals surface area contributed by atoms with Gasteiger partial charge in [-0.15, -0.1) is 0 Å². The molecule has 226 valence electrons. The summed E-state index contributed by atoms with van der Waals surface area (Å²) in [5.41, 5.74) is 6.12. The summed E-state index contributed by atoms with van der Waals surface area (Å²) in [6, 6.07) is 11.1. The molecule has 0 spiro atoms. The van der Waals surface area contributed by atoms with Crippen LogP contribution >= 0.6 is 23.2 Å². The second-order valence-corrected chi connectivity index (χ2v) is 14.0. The van der Waals surface area contributed by atoms with Gasteiger partial charge in [-0.25, -0.2) is 0 Å². The van der Waals surface area contributed by atoms with Crippen molar-refractivity contribution in [3.8, 4) is 0 Å². The molecule has 43 heavy (non-hydrogen) atoms. The van der Waals surface area contributed by atoms with Crippen molar-refractivity contribution in [2.75, 3.05) is 31.5 Å². The maximum absolute atomic E-state index is 13.3. The van der Waals surface area contributed by atoms with E-state index in [4.69, 9.17) is 23.2 Å². The summed E-state index contributed by atoms with van der Waals surface area (Å²) >= 11 is 12.6. The molecule has 3 aliphatic heterocycles. The van der Waals surface area contributed by atoms with Gasteiger partial charge in [0.05, 0.1) is 28.5 Å². The predicted octanol–water partition coefficient (Wildman–Crippen LogP) is 6.37. The average molecular weight is 640 g/mol. The molecule has 2 saturated heterocycles. The number of nitrogens with one attached hydrogen (secondary N) is 2. The topological polar surface area (TPSA) is 85.5 Å². The summed E-state index contributed by atoms with van der Waals surface area (Å²) in [7, 11) is -1.42. The van der Waals surface area contributed by atoms with Crippen LogP contribution in [0.25, 0.3) is 11.6 Å². The molecule has 1 aromatic heterocycles. The normalized spacial score (nSPS) is 19.2. The number of aryl methyl sites for hydroxylation is 1. The number of aromatic nitrogens is 1. The maximum atomic E-state index is 13.3. The van der Waals surface area contributed by atoms with Crippen LogP contribution in [0.2, 0.25) is 10.0 Å². The molecule has 1 atom stereocenters. The van der Waals surface area contributed by atoms with Crippen LogP contribution in [-0.4, -0.2) is 63.0 Å². The number of carbonyl (C=O) groups is 2. The largest absolute Gasteiger partial charge is 0.359 e. The lowest BCUT2D eigenvalue weighted by Crippen LogP contribution is -2.46. The number of H-pyrrole nitrogens is 1. The van der Waals surface area contributed by atoms with E-state index in [1.165, 1.54) is 25.9 Å². The number of benzene rings is 2. The van der Waals surface area contributed by atoms with Crippen molar-refractivity contribution in [1.29, 1.82) is 0 Å². The number of fused-ring (bicyclic) bond motifs is 1. The van der Waals surface area contributed by atoms with Crippen molar-refractivity contribution in [2.24, 2.45) is 0 Å². The van der Waals surface area contributed by atoms with Crippen LogP contribution in [0.15, 0.2) is 41.3 Å². The highest BCUT2D eigenvalue weighted by atomic mass is 35.5. The van der Waals surface area contributed by atoms with E-state index in [0.29, 0.717) is 49.8 Å². The van der Waals surface area contributed by atoms with Crippen molar-refractivity contribution < 1.29 is 13.8 Å². The van der Waals surface area contributed by atoms with Gasteiger partial charge in [0.15, 0.2) is 0 Å². The number of carbonyl (C=O) groups excluding carboxylic acids is 2. The number of amides is 2. The third-order valence-electron chi connectivity index (χ3n) is 9.10. The molecule has 3 aliphatic rings. The quantitative estimate of drug-likeness (QED) is 0.295. The van der Waals surface area contributed by atoms with E-state index in [2.05, 4.69) is 15.2 Å². The number of halogens is 2. The standard InChI is InChI=1S/C33H36Cl2N4O3S/c1-20-24(18-32(40)39-14-10-22(11-15-39)38-12-3-4-13-38)21(2)36-31(20)17-26-25-16-23(8-9-30(25)37-33(26)41)43(42)19-27-28(34)6-5-7-29(27)35/h5-9,16-17,22,36H,3-4,10-15,18-19H2,1-2H3,(H,37,41). The number of anilines is 1. The first kappa shape index (κ1) is 30.1. The second-order valence-electron chi connectivity index (χ2n) is 11.7. The van der Waals surface area contributed by atoms with E-state index in [-0.39, 0.29) is 17.6 Å². The molecular formula is C33H36Cl2N4O3S. The first-order valence-electron chi connectivity index (χ1n) is 14.9. The Morgan fingerprint density at radius 1 is 1.02 bits per heavy atom. The molecule has 2 fully saturated rings. The smallest absolute Gasteiger partial charge is 0.256 e. The minimum Gasteiger partial charge on any atom is -0.359 e. The van der Waals surface area contributed by atoms with Gasteiger partial charge in [-0.3, -0.25) is 13.8 Å². The average Bonchev–Trinajstić information content (AvgIpc) is 3.70. The van der Waals surface area contributed by atoms with E-state index < -0.39 is 10.8 Å². The van der Waals surface area contributed by atoms with E-state index in [0.717, 1.165) is 48.4 Å². The maximum Gasteiger partial charge on any atom is 0.256 e. The number of nitrogens with zero attached hydrogens (tertiary/aromatic N) is 2. The minimum atomic E-state index is -1.42. The predicted molar refractivity (Wildman–Crippen MR) is 174 cm³/mol. The van der Waals surface area contributed by atoms with Gasteiger partial charge in [0, 0.05) is 62.3 Å². The first-order chi connectivity index (χ1) is 20.7. The first-order valence-corrected chi connectivity index (χ1v) is 17.0. The molecular weight excluding hydrogens is 603 g/mol. The van der Waals surface area contributed by atoms with Gasteiger partial charge in [-0.1, -0.05) is 29.3 Å². The highest BCUT2D eigenvalue weighted by Crippen LogP contribution is 2.36. The Hall–Kier alpha value is -2.91. The Morgan fingerprint density at radius 3 is 2.42 bits per heavy atom. The van der Waals surface area contributed by atoms with E-state index in [1.807, 2.05) is 24.8 Å². The molecule has 0 saturated carbocycles. The molecule has 10 heteroatoms. The van der Waals surface area contributed by atoms with Crippen LogP contribution in [0, 0.1) is 13.8 Å².